The Balaban J connectivity index is 1.51. The lowest BCUT2D eigenvalue weighted by molar-refractivity contribution is -0.135. The third-order valence-electron chi connectivity index (χ3n) is 5.85. The predicted molar refractivity (Wildman–Crippen MR) is 121 cm³/mol. The fourth-order valence-corrected chi connectivity index (χ4v) is 5.61. The summed E-state index contributed by atoms with van der Waals surface area (Å²) in [7, 11) is 0. The number of rotatable bonds is 2. The number of esters is 1. The van der Waals surface area contributed by atoms with Gasteiger partial charge in [0, 0.05) is 31.3 Å². The van der Waals surface area contributed by atoms with Crippen molar-refractivity contribution in [3.05, 3.63) is 90.0 Å². The molecule has 0 radical (unpaired) electrons. The number of hydrogen-bond acceptors (Lipinski definition) is 4. The lowest BCUT2D eigenvalue weighted by Gasteiger charge is -2.25. The Morgan fingerprint density at radius 1 is 0.833 bits per heavy atom. The largest absolute Gasteiger partial charge is 0.426 e. The molecule has 2 heterocycles. The van der Waals surface area contributed by atoms with Crippen molar-refractivity contribution in [2.45, 2.75) is 12.3 Å². The second-order valence-corrected chi connectivity index (χ2v) is 8.69. The van der Waals surface area contributed by atoms with Crippen molar-refractivity contribution in [3.63, 3.8) is 0 Å². The van der Waals surface area contributed by atoms with E-state index < -0.39 is 5.92 Å². The van der Waals surface area contributed by atoms with Gasteiger partial charge in [-0.1, -0.05) is 60.7 Å². The first kappa shape index (κ1) is 17.4. The van der Waals surface area contributed by atoms with Crippen LogP contribution in [0.15, 0.2) is 78.9 Å². The Kier molecular flexibility index (Phi) is 3.77. The minimum Gasteiger partial charge on any atom is -0.426 e. The summed E-state index contributed by atoms with van der Waals surface area (Å²) in [6.45, 7) is 0. The van der Waals surface area contributed by atoms with Crippen molar-refractivity contribution in [2.75, 3.05) is 0 Å². The van der Waals surface area contributed by atoms with Crippen LogP contribution in [0.5, 0.6) is 5.75 Å². The summed E-state index contributed by atoms with van der Waals surface area (Å²) in [5.74, 6) is -0.451. The van der Waals surface area contributed by atoms with Crippen LogP contribution in [-0.2, 0) is 4.79 Å². The molecule has 1 aromatic heterocycles. The Hall–Kier alpha value is -3.50. The molecule has 0 spiro atoms. The lowest BCUT2D eigenvalue weighted by atomic mass is 9.83. The maximum absolute atomic E-state index is 13.6. The van der Waals surface area contributed by atoms with Crippen LogP contribution in [0.25, 0.3) is 30.9 Å². The van der Waals surface area contributed by atoms with E-state index in [0.717, 1.165) is 26.4 Å². The monoisotopic (exact) mass is 408 g/mol. The van der Waals surface area contributed by atoms with Gasteiger partial charge in [0.05, 0.1) is 12.3 Å². The number of carbonyl (C=O) groups is 2. The minimum atomic E-state index is -0.542. The number of hydrogen-bond donors (Lipinski definition) is 0. The second-order valence-electron chi connectivity index (χ2n) is 7.60. The van der Waals surface area contributed by atoms with Crippen molar-refractivity contribution in [1.29, 1.82) is 0 Å². The first-order chi connectivity index (χ1) is 14.7. The van der Waals surface area contributed by atoms with Crippen molar-refractivity contribution < 1.29 is 14.3 Å². The summed E-state index contributed by atoms with van der Waals surface area (Å²) in [6.07, 6.45) is 0.0598. The average molecular weight is 408 g/mol. The molecular formula is C26H16O3S. The van der Waals surface area contributed by atoms with Crippen LogP contribution in [0.1, 0.15) is 28.3 Å². The van der Waals surface area contributed by atoms with Gasteiger partial charge in [-0.15, -0.1) is 11.3 Å². The van der Waals surface area contributed by atoms with E-state index in [-0.39, 0.29) is 18.2 Å². The third kappa shape index (κ3) is 2.57. The van der Waals surface area contributed by atoms with E-state index in [0.29, 0.717) is 11.3 Å². The van der Waals surface area contributed by atoms with Crippen LogP contribution in [0.2, 0.25) is 0 Å². The van der Waals surface area contributed by atoms with Gasteiger partial charge in [0.25, 0.3) is 0 Å². The fraction of sp³-hybridized carbons (Fsp3) is 0.0769. The smallest absolute Gasteiger partial charge is 0.312 e. The van der Waals surface area contributed by atoms with Crippen LogP contribution in [-0.4, -0.2) is 11.8 Å². The number of benzene rings is 4. The van der Waals surface area contributed by atoms with Crippen LogP contribution < -0.4 is 4.74 Å². The zero-order valence-corrected chi connectivity index (χ0v) is 16.7. The third-order valence-corrected chi connectivity index (χ3v) is 6.99. The highest BCUT2D eigenvalue weighted by atomic mass is 32.1. The lowest BCUT2D eigenvalue weighted by Crippen LogP contribution is -2.25. The molecule has 30 heavy (non-hydrogen) atoms. The van der Waals surface area contributed by atoms with Crippen LogP contribution in [0, 0.1) is 0 Å². The molecule has 0 amide bonds. The quantitative estimate of drug-likeness (QED) is 0.191. The molecule has 0 saturated heterocycles. The Morgan fingerprint density at radius 3 is 2.50 bits per heavy atom. The molecule has 1 aliphatic heterocycles. The molecule has 0 fully saturated rings. The van der Waals surface area contributed by atoms with E-state index >= 15 is 0 Å². The Bertz CT molecular complexity index is 1490. The number of ketones is 1. The van der Waals surface area contributed by atoms with E-state index in [1.807, 2.05) is 60.7 Å². The molecule has 1 aliphatic rings. The molecule has 0 saturated carbocycles. The summed E-state index contributed by atoms with van der Waals surface area (Å²) in [6, 6.07) is 25.8. The molecule has 4 aromatic carbocycles. The molecule has 0 N–H and O–H groups in total. The number of fused-ring (bicyclic) bond motifs is 6. The average Bonchev–Trinajstić information content (AvgIpc) is 3.15. The van der Waals surface area contributed by atoms with Gasteiger partial charge in [0.1, 0.15) is 5.75 Å². The van der Waals surface area contributed by atoms with Gasteiger partial charge < -0.3 is 4.74 Å². The molecule has 5 aromatic rings. The highest BCUT2D eigenvalue weighted by Gasteiger charge is 2.34. The van der Waals surface area contributed by atoms with Crippen LogP contribution in [0.3, 0.4) is 0 Å². The topological polar surface area (TPSA) is 43.4 Å². The molecule has 0 aliphatic carbocycles. The summed E-state index contributed by atoms with van der Waals surface area (Å²) in [5, 5.41) is 4.35. The van der Waals surface area contributed by atoms with Gasteiger partial charge in [0.15, 0.2) is 5.78 Å². The molecule has 1 atom stereocenters. The normalized spacial score (nSPS) is 16.0. The molecule has 0 bridgehead atoms. The fourth-order valence-electron chi connectivity index (χ4n) is 4.46. The van der Waals surface area contributed by atoms with E-state index in [1.54, 1.807) is 17.4 Å². The molecule has 1 unspecified atom stereocenters. The van der Waals surface area contributed by atoms with Gasteiger partial charge in [-0.25, -0.2) is 0 Å². The van der Waals surface area contributed by atoms with Gasteiger partial charge in [-0.05, 0) is 29.0 Å². The highest BCUT2D eigenvalue weighted by molar-refractivity contribution is 7.25. The van der Waals surface area contributed by atoms with Crippen molar-refractivity contribution in [3.8, 4) is 5.75 Å². The maximum Gasteiger partial charge on any atom is 0.312 e. The van der Waals surface area contributed by atoms with Crippen LogP contribution in [0.4, 0.5) is 0 Å². The van der Waals surface area contributed by atoms with E-state index in [2.05, 4.69) is 12.1 Å². The molecule has 4 heteroatoms. The first-order valence-electron chi connectivity index (χ1n) is 9.87. The first-order valence-corrected chi connectivity index (χ1v) is 10.7. The second kappa shape index (κ2) is 6.51. The number of thiophene rings is 1. The van der Waals surface area contributed by atoms with Gasteiger partial charge in [-0.3, -0.25) is 9.59 Å². The highest BCUT2D eigenvalue weighted by Crippen LogP contribution is 2.42. The predicted octanol–water partition coefficient (Wildman–Crippen LogP) is 6.48. The molecule has 6 rings (SSSR count). The number of Topliss-reactive ketones (excluding diaryl/α,β-unsaturated/α-hetero) is 1. The van der Waals surface area contributed by atoms with E-state index in [4.69, 9.17) is 4.74 Å². The summed E-state index contributed by atoms with van der Waals surface area (Å²) in [5.41, 5.74) is 1.45. The standard InChI is InChI=1S/C26H16O3S/c27-24-14-20(25-17-6-2-1-5-15(17)10-12-21(25)29-24)26(28)16-9-11-19-18-7-3-4-8-22(18)30-23(19)13-16/h1-13,20H,14H2. The molecule has 3 nitrogen and oxygen atoms in total. The van der Waals surface area contributed by atoms with Gasteiger partial charge in [0.2, 0.25) is 0 Å². The van der Waals surface area contributed by atoms with Crippen molar-refractivity contribution in [1.82, 2.24) is 0 Å². The van der Waals surface area contributed by atoms with Gasteiger partial charge >= 0.3 is 5.97 Å². The number of ether oxygens (including phenoxy) is 1. The minimum absolute atomic E-state index is 0.0383. The Labute approximate surface area is 176 Å². The zero-order chi connectivity index (χ0) is 20.2. The van der Waals surface area contributed by atoms with Crippen molar-refractivity contribution >= 4 is 54.0 Å². The van der Waals surface area contributed by atoms with E-state index in [1.165, 1.54) is 10.1 Å². The Morgan fingerprint density at radius 2 is 1.60 bits per heavy atom. The SMILES string of the molecule is O=C1CC(C(=O)c2ccc3c(c2)sc2ccccc23)c2c(ccc3ccccc23)O1. The summed E-state index contributed by atoms with van der Waals surface area (Å²) >= 11 is 1.68. The van der Waals surface area contributed by atoms with Crippen LogP contribution >= 0.6 is 11.3 Å². The maximum atomic E-state index is 13.6. The number of carbonyl (C=O) groups excluding carboxylic acids is 2. The van der Waals surface area contributed by atoms with Gasteiger partial charge in [-0.2, -0.15) is 0 Å². The zero-order valence-electron chi connectivity index (χ0n) is 15.9. The van der Waals surface area contributed by atoms with Crippen molar-refractivity contribution in [2.24, 2.45) is 0 Å². The molecule has 144 valence electrons. The molecular weight excluding hydrogens is 392 g/mol. The summed E-state index contributed by atoms with van der Waals surface area (Å²) < 4.78 is 7.76. The van der Waals surface area contributed by atoms with E-state index in [9.17, 15) is 9.59 Å². The summed E-state index contributed by atoms with van der Waals surface area (Å²) in [4.78, 5) is 25.9.